The predicted octanol–water partition coefficient (Wildman–Crippen LogP) is 2.43. The molecule has 0 N–H and O–H groups in total. The van der Waals surface area contributed by atoms with Crippen molar-refractivity contribution in [1.29, 1.82) is 0 Å². The third kappa shape index (κ3) is 4.56. The summed E-state index contributed by atoms with van der Waals surface area (Å²) in [6.45, 7) is 5.22. The summed E-state index contributed by atoms with van der Waals surface area (Å²) in [5, 5.41) is 0. The molecule has 162 valence electrons. The van der Waals surface area contributed by atoms with Crippen molar-refractivity contribution in [3.8, 4) is 5.69 Å². The Morgan fingerprint density at radius 1 is 1.23 bits per heavy atom. The molecule has 0 spiro atoms. The van der Waals surface area contributed by atoms with Crippen molar-refractivity contribution in [3.63, 3.8) is 0 Å². The lowest BCUT2D eigenvalue weighted by Gasteiger charge is -2.26. The lowest BCUT2D eigenvalue weighted by Crippen LogP contribution is -2.43. The Balaban J connectivity index is 1.70. The van der Waals surface area contributed by atoms with E-state index in [0.717, 1.165) is 5.69 Å². The van der Waals surface area contributed by atoms with Crippen molar-refractivity contribution in [2.24, 2.45) is 0 Å². The zero-order chi connectivity index (χ0) is 22.1. The number of carbonyl (C=O) groups is 2. The van der Waals surface area contributed by atoms with E-state index in [1.807, 2.05) is 6.92 Å². The number of amides is 1. The first-order valence-electron chi connectivity index (χ1n) is 9.75. The second-order valence-corrected chi connectivity index (χ2v) is 9.64. The van der Waals surface area contributed by atoms with Crippen molar-refractivity contribution < 1.29 is 27.1 Å². The minimum absolute atomic E-state index is 0.0562. The van der Waals surface area contributed by atoms with Crippen LogP contribution in [0.4, 0.5) is 4.39 Å². The molecule has 0 radical (unpaired) electrons. The van der Waals surface area contributed by atoms with E-state index in [-0.39, 0.29) is 23.4 Å². The van der Waals surface area contributed by atoms with E-state index in [1.54, 1.807) is 36.6 Å². The highest BCUT2D eigenvalue weighted by molar-refractivity contribution is 7.91. The van der Waals surface area contributed by atoms with Crippen molar-refractivity contribution in [3.05, 3.63) is 53.1 Å². The third-order valence-electron chi connectivity index (χ3n) is 5.37. The number of likely N-dealkylation sites (N-methyl/N-ethyl adjacent to an activating group) is 1. The molecule has 2 aromatic rings. The second kappa shape index (κ2) is 8.59. The molecule has 30 heavy (non-hydrogen) atoms. The summed E-state index contributed by atoms with van der Waals surface area (Å²) in [5.41, 5.74) is 2.41. The lowest BCUT2D eigenvalue weighted by atomic mass is 10.2. The SMILES string of the molecule is CCN(C(=O)COC(=O)c1cc(C)n(-c2ccc(F)cc2)c1C)[C@H]1CCS(=O)(=O)C1. The van der Waals surface area contributed by atoms with Gasteiger partial charge in [-0.25, -0.2) is 17.6 Å². The standard InChI is InChI=1S/C21H25FN2O5S/c1-4-23(18-9-10-30(27,28)13-18)20(25)12-29-21(26)19-11-14(2)24(15(19)3)17-7-5-16(22)6-8-17/h5-8,11,18H,4,9-10,12-13H2,1-3H3/t18-/m0/s1. The van der Waals surface area contributed by atoms with Crippen molar-refractivity contribution >= 4 is 21.7 Å². The second-order valence-electron chi connectivity index (χ2n) is 7.41. The van der Waals surface area contributed by atoms with E-state index in [4.69, 9.17) is 4.74 Å². The first-order chi connectivity index (χ1) is 14.1. The molecule has 1 aromatic carbocycles. The smallest absolute Gasteiger partial charge is 0.340 e. The van der Waals surface area contributed by atoms with Crippen LogP contribution < -0.4 is 0 Å². The number of aryl methyl sites for hydroxylation is 1. The van der Waals surface area contributed by atoms with Gasteiger partial charge in [-0.15, -0.1) is 0 Å². The van der Waals surface area contributed by atoms with Gasteiger partial charge >= 0.3 is 5.97 Å². The highest BCUT2D eigenvalue weighted by atomic mass is 32.2. The Bertz CT molecular complexity index is 1060. The molecule has 1 fully saturated rings. The summed E-state index contributed by atoms with van der Waals surface area (Å²) in [7, 11) is -3.12. The number of carbonyl (C=O) groups excluding carboxylic acids is 2. The summed E-state index contributed by atoms with van der Waals surface area (Å²) in [6, 6.07) is 7.19. The van der Waals surface area contributed by atoms with E-state index >= 15 is 0 Å². The molecule has 0 bridgehead atoms. The van der Waals surface area contributed by atoms with E-state index < -0.39 is 28.3 Å². The fourth-order valence-corrected chi connectivity index (χ4v) is 5.63. The van der Waals surface area contributed by atoms with Gasteiger partial charge in [-0.2, -0.15) is 0 Å². The first-order valence-corrected chi connectivity index (χ1v) is 11.6. The number of esters is 1. The van der Waals surface area contributed by atoms with Crippen LogP contribution in [-0.2, 0) is 19.4 Å². The van der Waals surface area contributed by atoms with Crippen LogP contribution in [0, 0.1) is 19.7 Å². The number of nitrogens with zero attached hydrogens (tertiary/aromatic N) is 2. The van der Waals surface area contributed by atoms with E-state index in [0.29, 0.717) is 29.9 Å². The predicted molar refractivity (Wildman–Crippen MR) is 110 cm³/mol. The van der Waals surface area contributed by atoms with E-state index in [9.17, 15) is 22.4 Å². The summed E-state index contributed by atoms with van der Waals surface area (Å²) < 4.78 is 43.6. The Kier molecular flexibility index (Phi) is 6.30. The fraction of sp³-hybridized carbons (Fsp3) is 0.429. The fourth-order valence-electron chi connectivity index (χ4n) is 3.90. The quantitative estimate of drug-likeness (QED) is 0.650. The van der Waals surface area contributed by atoms with Crippen molar-refractivity contribution in [2.75, 3.05) is 24.7 Å². The Hall–Kier alpha value is -2.68. The van der Waals surface area contributed by atoms with E-state index in [2.05, 4.69) is 0 Å². The molecule has 0 saturated carbocycles. The number of benzene rings is 1. The monoisotopic (exact) mass is 436 g/mol. The molecule has 1 aliphatic rings. The molecule has 1 aromatic heterocycles. The normalized spacial score (nSPS) is 17.7. The molecule has 0 aliphatic carbocycles. The van der Waals surface area contributed by atoms with Gasteiger partial charge in [-0.05, 0) is 57.5 Å². The van der Waals surface area contributed by atoms with Crippen LogP contribution in [0.3, 0.4) is 0 Å². The maximum atomic E-state index is 13.2. The number of aromatic nitrogens is 1. The zero-order valence-corrected chi connectivity index (χ0v) is 18.0. The minimum Gasteiger partial charge on any atom is -0.452 e. The number of hydrogen-bond acceptors (Lipinski definition) is 5. The lowest BCUT2D eigenvalue weighted by molar-refractivity contribution is -0.136. The largest absolute Gasteiger partial charge is 0.452 e. The maximum absolute atomic E-state index is 13.2. The van der Waals surface area contributed by atoms with Gasteiger partial charge in [-0.1, -0.05) is 0 Å². The topological polar surface area (TPSA) is 85.7 Å². The van der Waals surface area contributed by atoms with Gasteiger partial charge in [-0.3, -0.25) is 4.79 Å². The summed E-state index contributed by atoms with van der Waals surface area (Å²) in [5.74, 6) is -1.40. The molecule has 1 amide bonds. The molecular formula is C21H25FN2O5S. The minimum atomic E-state index is -3.12. The van der Waals surface area contributed by atoms with Crippen LogP contribution in [-0.4, -0.2) is 60.5 Å². The third-order valence-corrected chi connectivity index (χ3v) is 7.12. The van der Waals surface area contributed by atoms with Crippen LogP contribution in [0.15, 0.2) is 30.3 Å². The number of rotatable bonds is 6. The van der Waals surface area contributed by atoms with Crippen LogP contribution in [0.2, 0.25) is 0 Å². The van der Waals surface area contributed by atoms with Gasteiger partial charge in [0.15, 0.2) is 16.4 Å². The number of hydrogen-bond donors (Lipinski definition) is 0. The summed E-state index contributed by atoms with van der Waals surface area (Å²) >= 11 is 0. The highest BCUT2D eigenvalue weighted by Crippen LogP contribution is 2.22. The molecule has 2 heterocycles. The van der Waals surface area contributed by atoms with Crippen LogP contribution in [0.5, 0.6) is 0 Å². The van der Waals surface area contributed by atoms with Crippen LogP contribution >= 0.6 is 0 Å². The van der Waals surface area contributed by atoms with Gasteiger partial charge < -0.3 is 14.2 Å². The molecule has 3 rings (SSSR count). The number of sulfone groups is 1. The molecule has 1 atom stereocenters. The number of halogens is 1. The average Bonchev–Trinajstić information content (AvgIpc) is 3.20. The van der Waals surface area contributed by atoms with Crippen LogP contribution in [0.1, 0.15) is 35.1 Å². The highest BCUT2D eigenvalue weighted by Gasteiger charge is 2.34. The molecule has 1 aliphatic heterocycles. The molecule has 9 heteroatoms. The van der Waals surface area contributed by atoms with Crippen molar-refractivity contribution in [1.82, 2.24) is 9.47 Å². The van der Waals surface area contributed by atoms with Gasteiger partial charge in [0.05, 0.1) is 17.1 Å². The molecule has 0 unspecified atom stereocenters. The average molecular weight is 437 g/mol. The number of ether oxygens (including phenoxy) is 1. The van der Waals surface area contributed by atoms with Gasteiger partial charge in [0.25, 0.3) is 5.91 Å². The summed E-state index contributed by atoms with van der Waals surface area (Å²) in [4.78, 5) is 26.6. The molecular weight excluding hydrogens is 411 g/mol. The Morgan fingerprint density at radius 3 is 2.47 bits per heavy atom. The van der Waals surface area contributed by atoms with Gasteiger partial charge in [0, 0.05) is 29.7 Å². The molecule has 1 saturated heterocycles. The first kappa shape index (κ1) is 22.0. The van der Waals surface area contributed by atoms with Gasteiger partial charge in [0.2, 0.25) is 0 Å². The van der Waals surface area contributed by atoms with Gasteiger partial charge in [0.1, 0.15) is 5.82 Å². The van der Waals surface area contributed by atoms with Crippen LogP contribution in [0.25, 0.3) is 5.69 Å². The maximum Gasteiger partial charge on any atom is 0.340 e. The van der Waals surface area contributed by atoms with E-state index in [1.165, 1.54) is 17.0 Å². The zero-order valence-electron chi connectivity index (χ0n) is 17.2. The summed E-state index contributed by atoms with van der Waals surface area (Å²) in [6.07, 6.45) is 0.398. The van der Waals surface area contributed by atoms with Crippen molar-refractivity contribution in [2.45, 2.75) is 33.2 Å². The molecule has 7 nitrogen and oxygen atoms in total. The Labute approximate surface area is 175 Å². The Morgan fingerprint density at radius 2 is 1.90 bits per heavy atom.